The van der Waals surface area contributed by atoms with Crippen molar-refractivity contribution < 1.29 is 4.79 Å². The van der Waals surface area contributed by atoms with Gasteiger partial charge in [-0.2, -0.15) is 0 Å². The maximum absolute atomic E-state index is 12.4. The van der Waals surface area contributed by atoms with Gasteiger partial charge in [-0.15, -0.1) is 0 Å². The molecule has 1 unspecified atom stereocenters. The molecule has 24 heavy (non-hydrogen) atoms. The van der Waals surface area contributed by atoms with E-state index in [0.717, 1.165) is 12.8 Å². The topological polar surface area (TPSA) is 67.1 Å². The fraction of sp³-hybridized carbons (Fsp3) is 0.350. The molecule has 0 aliphatic carbocycles. The third-order valence-corrected chi connectivity index (χ3v) is 4.25. The molecule has 0 radical (unpaired) electrons. The third kappa shape index (κ3) is 5.18. The minimum absolute atomic E-state index is 0.0304. The van der Waals surface area contributed by atoms with Crippen molar-refractivity contribution in [2.45, 2.75) is 24.8 Å². The predicted octanol–water partition coefficient (Wildman–Crippen LogP) is 2.26. The summed E-state index contributed by atoms with van der Waals surface area (Å²) in [5, 5.41) is 6.17. The highest BCUT2D eigenvalue weighted by atomic mass is 16.2. The van der Waals surface area contributed by atoms with Crippen LogP contribution in [-0.2, 0) is 4.79 Å². The molecule has 0 saturated carbocycles. The van der Waals surface area contributed by atoms with Crippen molar-refractivity contribution in [1.29, 1.82) is 0 Å². The maximum atomic E-state index is 12.4. The lowest BCUT2D eigenvalue weighted by molar-refractivity contribution is -0.123. The fourth-order valence-electron chi connectivity index (χ4n) is 2.85. The molecule has 4 N–H and O–H groups in total. The lowest BCUT2D eigenvalue weighted by Crippen LogP contribution is -2.44. The monoisotopic (exact) mass is 325 g/mol. The van der Waals surface area contributed by atoms with Crippen LogP contribution in [0.1, 0.15) is 29.9 Å². The Balaban J connectivity index is 2.08. The summed E-state index contributed by atoms with van der Waals surface area (Å²) >= 11 is 0. The summed E-state index contributed by atoms with van der Waals surface area (Å²) in [4.78, 5) is 12.4. The van der Waals surface area contributed by atoms with Gasteiger partial charge in [-0.1, -0.05) is 60.7 Å². The summed E-state index contributed by atoms with van der Waals surface area (Å²) in [6, 6.07) is 20.4. The van der Waals surface area contributed by atoms with Gasteiger partial charge < -0.3 is 16.4 Å². The molecule has 0 aliphatic rings. The van der Waals surface area contributed by atoms with Gasteiger partial charge in [0.15, 0.2) is 0 Å². The highest BCUT2D eigenvalue weighted by Crippen LogP contribution is 2.23. The molecule has 0 spiro atoms. The molecule has 1 amide bonds. The summed E-state index contributed by atoms with van der Waals surface area (Å²) < 4.78 is 0. The zero-order chi connectivity index (χ0) is 17.2. The second-order valence-electron chi connectivity index (χ2n) is 5.89. The first kappa shape index (κ1) is 18.2. The van der Waals surface area contributed by atoms with Gasteiger partial charge in [-0.05, 0) is 37.6 Å². The SMILES string of the molecule is CNC(CCCN)C(=O)NCC(c1ccccc1)c1ccccc1. The van der Waals surface area contributed by atoms with Crippen molar-refractivity contribution in [3.63, 3.8) is 0 Å². The quantitative estimate of drug-likeness (QED) is 0.662. The second kappa shape index (κ2) is 9.85. The van der Waals surface area contributed by atoms with E-state index in [0.29, 0.717) is 13.1 Å². The number of nitrogens with two attached hydrogens (primary N) is 1. The van der Waals surface area contributed by atoms with Crippen molar-refractivity contribution in [2.75, 3.05) is 20.1 Å². The van der Waals surface area contributed by atoms with E-state index in [9.17, 15) is 4.79 Å². The van der Waals surface area contributed by atoms with E-state index in [1.807, 2.05) is 43.4 Å². The van der Waals surface area contributed by atoms with Crippen LogP contribution in [0.15, 0.2) is 60.7 Å². The number of carbonyl (C=O) groups is 1. The molecular formula is C20H27N3O. The Bertz CT molecular complexity index is 561. The molecule has 0 aliphatic heterocycles. The molecule has 0 heterocycles. The molecule has 0 bridgehead atoms. The predicted molar refractivity (Wildman–Crippen MR) is 98.9 cm³/mol. The third-order valence-electron chi connectivity index (χ3n) is 4.25. The second-order valence-corrected chi connectivity index (χ2v) is 5.89. The van der Waals surface area contributed by atoms with Gasteiger partial charge in [0.2, 0.25) is 5.91 Å². The summed E-state index contributed by atoms with van der Waals surface area (Å²) in [6.45, 7) is 1.18. The van der Waals surface area contributed by atoms with Crippen molar-refractivity contribution in [1.82, 2.24) is 10.6 Å². The highest BCUT2D eigenvalue weighted by molar-refractivity contribution is 5.81. The molecule has 128 valence electrons. The van der Waals surface area contributed by atoms with Crippen LogP contribution in [0.3, 0.4) is 0 Å². The number of hydrogen-bond donors (Lipinski definition) is 3. The minimum atomic E-state index is -0.194. The summed E-state index contributed by atoms with van der Waals surface area (Å²) in [6.07, 6.45) is 1.58. The first-order valence-corrected chi connectivity index (χ1v) is 8.51. The van der Waals surface area contributed by atoms with E-state index in [1.54, 1.807) is 0 Å². The van der Waals surface area contributed by atoms with E-state index >= 15 is 0 Å². The van der Waals surface area contributed by atoms with Gasteiger partial charge in [0, 0.05) is 12.5 Å². The zero-order valence-corrected chi connectivity index (χ0v) is 14.2. The van der Waals surface area contributed by atoms with E-state index in [-0.39, 0.29) is 17.9 Å². The average Bonchev–Trinajstić information content (AvgIpc) is 2.64. The molecule has 1 atom stereocenters. The summed E-state index contributed by atoms with van der Waals surface area (Å²) in [5.41, 5.74) is 7.95. The van der Waals surface area contributed by atoms with E-state index in [2.05, 4.69) is 34.9 Å². The van der Waals surface area contributed by atoms with E-state index < -0.39 is 0 Å². The Kier molecular flexibility index (Phi) is 7.46. The van der Waals surface area contributed by atoms with Gasteiger partial charge in [-0.3, -0.25) is 4.79 Å². The summed E-state index contributed by atoms with van der Waals surface area (Å²) in [5.74, 6) is 0.172. The number of benzene rings is 2. The number of hydrogen-bond acceptors (Lipinski definition) is 3. The minimum Gasteiger partial charge on any atom is -0.354 e. The lowest BCUT2D eigenvalue weighted by Gasteiger charge is -2.21. The smallest absolute Gasteiger partial charge is 0.237 e. The first-order valence-electron chi connectivity index (χ1n) is 8.51. The Morgan fingerprint density at radius 3 is 2.00 bits per heavy atom. The van der Waals surface area contributed by atoms with Gasteiger partial charge in [0.1, 0.15) is 0 Å². The molecule has 0 saturated heterocycles. The number of rotatable bonds is 9. The van der Waals surface area contributed by atoms with Crippen LogP contribution in [0.4, 0.5) is 0 Å². The normalized spacial score (nSPS) is 12.1. The van der Waals surface area contributed by atoms with Crippen LogP contribution in [0, 0.1) is 0 Å². The fourth-order valence-corrected chi connectivity index (χ4v) is 2.85. The molecule has 0 fully saturated rings. The van der Waals surface area contributed by atoms with Gasteiger partial charge >= 0.3 is 0 Å². The standard InChI is InChI=1S/C20H27N3O/c1-22-19(13-8-14-21)20(24)23-15-18(16-9-4-2-5-10-16)17-11-6-3-7-12-17/h2-7,9-12,18-19,22H,8,13-15,21H2,1H3,(H,23,24). The van der Waals surface area contributed by atoms with Gasteiger partial charge in [0.25, 0.3) is 0 Å². The molecule has 4 nitrogen and oxygen atoms in total. The first-order chi connectivity index (χ1) is 11.8. The van der Waals surface area contributed by atoms with E-state index in [1.165, 1.54) is 11.1 Å². The van der Waals surface area contributed by atoms with E-state index in [4.69, 9.17) is 5.73 Å². The number of carbonyl (C=O) groups excluding carboxylic acids is 1. The Labute approximate surface area is 144 Å². The number of amides is 1. The summed E-state index contributed by atoms with van der Waals surface area (Å²) in [7, 11) is 1.81. The van der Waals surface area contributed by atoms with Crippen LogP contribution in [0.5, 0.6) is 0 Å². The largest absolute Gasteiger partial charge is 0.354 e. The molecule has 2 aromatic carbocycles. The van der Waals surface area contributed by atoms with Gasteiger partial charge in [0.05, 0.1) is 6.04 Å². The highest BCUT2D eigenvalue weighted by Gasteiger charge is 2.19. The maximum Gasteiger partial charge on any atom is 0.237 e. The van der Waals surface area contributed by atoms with Crippen molar-refractivity contribution in [3.05, 3.63) is 71.8 Å². The lowest BCUT2D eigenvalue weighted by atomic mass is 9.91. The molecule has 0 aromatic heterocycles. The van der Waals surface area contributed by atoms with Crippen LogP contribution in [0.25, 0.3) is 0 Å². The van der Waals surface area contributed by atoms with Crippen LogP contribution < -0.4 is 16.4 Å². The Morgan fingerprint density at radius 1 is 1.00 bits per heavy atom. The van der Waals surface area contributed by atoms with Crippen molar-refractivity contribution >= 4 is 5.91 Å². The van der Waals surface area contributed by atoms with Crippen molar-refractivity contribution in [2.24, 2.45) is 5.73 Å². The average molecular weight is 325 g/mol. The molecule has 2 aromatic rings. The zero-order valence-electron chi connectivity index (χ0n) is 14.2. The van der Waals surface area contributed by atoms with Crippen molar-refractivity contribution in [3.8, 4) is 0 Å². The Hall–Kier alpha value is -2.17. The Morgan fingerprint density at radius 2 is 1.54 bits per heavy atom. The van der Waals surface area contributed by atoms with Crippen LogP contribution in [0.2, 0.25) is 0 Å². The molecular weight excluding hydrogens is 298 g/mol. The van der Waals surface area contributed by atoms with Crippen LogP contribution >= 0.6 is 0 Å². The van der Waals surface area contributed by atoms with Crippen LogP contribution in [-0.4, -0.2) is 32.1 Å². The molecule has 2 rings (SSSR count). The van der Waals surface area contributed by atoms with Gasteiger partial charge in [-0.25, -0.2) is 0 Å². The number of nitrogens with one attached hydrogen (secondary N) is 2. The number of likely N-dealkylation sites (N-methyl/N-ethyl adjacent to an activating group) is 1. The molecule has 4 heteroatoms.